The highest BCUT2D eigenvalue weighted by Crippen LogP contribution is 2.36. The zero-order valence-electron chi connectivity index (χ0n) is 16.2. The van der Waals surface area contributed by atoms with Gasteiger partial charge >= 0.3 is 0 Å². The molecule has 2 aliphatic rings. The Morgan fingerprint density at radius 2 is 1.97 bits per heavy atom. The van der Waals surface area contributed by atoms with Crippen LogP contribution >= 0.6 is 12.4 Å². The molecular weight excluding hydrogens is 392 g/mol. The Kier molecular flexibility index (Phi) is 5.34. The van der Waals surface area contributed by atoms with E-state index in [1.165, 1.54) is 5.56 Å². The van der Waals surface area contributed by atoms with E-state index in [0.29, 0.717) is 44.4 Å². The van der Waals surface area contributed by atoms with E-state index in [9.17, 15) is 4.79 Å². The van der Waals surface area contributed by atoms with Crippen LogP contribution in [0.15, 0.2) is 36.5 Å². The summed E-state index contributed by atoms with van der Waals surface area (Å²) in [7, 11) is 0. The van der Waals surface area contributed by atoms with Gasteiger partial charge in [-0.1, -0.05) is 12.1 Å². The van der Waals surface area contributed by atoms with Gasteiger partial charge in [0, 0.05) is 25.2 Å². The monoisotopic (exact) mass is 414 g/mol. The van der Waals surface area contributed by atoms with Crippen molar-refractivity contribution in [3.8, 4) is 5.75 Å². The van der Waals surface area contributed by atoms with Crippen LogP contribution in [-0.4, -0.2) is 53.1 Å². The minimum absolute atomic E-state index is 0. The number of carbonyl (C=O) groups is 1. The average Bonchev–Trinajstić information content (AvgIpc) is 3.36. The highest BCUT2D eigenvalue weighted by atomic mass is 35.5. The lowest BCUT2D eigenvalue weighted by atomic mass is 10.1. The number of halogens is 1. The number of nitrogens with one attached hydrogen (secondary N) is 1. The van der Waals surface area contributed by atoms with Gasteiger partial charge in [-0.2, -0.15) is 0 Å². The molecule has 5 rings (SSSR count). The van der Waals surface area contributed by atoms with E-state index < -0.39 is 0 Å². The topological polar surface area (TPSA) is 68.1 Å². The van der Waals surface area contributed by atoms with Gasteiger partial charge in [-0.15, -0.1) is 12.4 Å². The lowest BCUT2D eigenvalue weighted by Gasteiger charge is -2.27. The van der Waals surface area contributed by atoms with Crippen LogP contribution in [-0.2, 0) is 11.2 Å². The Morgan fingerprint density at radius 3 is 2.79 bits per heavy atom. The number of aromatic nitrogens is 2. The minimum atomic E-state index is -0.0180. The van der Waals surface area contributed by atoms with E-state index in [0.717, 1.165) is 29.1 Å². The van der Waals surface area contributed by atoms with Crippen molar-refractivity contribution in [2.75, 3.05) is 38.2 Å². The predicted octanol–water partition coefficient (Wildman–Crippen LogP) is 3.22. The molecule has 3 aromatic rings. The van der Waals surface area contributed by atoms with E-state index >= 15 is 0 Å². The quantitative estimate of drug-likeness (QED) is 0.712. The number of anilines is 2. The second kappa shape index (κ2) is 7.93. The van der Waals surface area contributed by atoms with Crippen LogP contribution in [0.3, 0.4) is 0 Å². The largest absolute Gasteiger partial charge is 0.491 e. The van der Waals surface area contributed by atoms with Gasteiger partial charge in [0.05, 0.1) is 37.2 Å². The van der Waals surface area contributed by atoms with Crippen molar-refractivity contribution < 1.29 is 14.3 Å². The molecule has 0 radical (unpaired) electrons. The van der Waals surface area contributed by atoms with Gasteiger partial charge in [-0.3, -0.25) is 4.79 Å². The van der Waals surface area contributed by atoms with Gasteiger partial charge in [0.2, 0.25) is 0 Å². The molecule has 1 aromatic carbocycles. The highest BCUT2D eigenvalue weighted by molar-refractivity contribution is 5.94. The fraction of sp³-hybridized carbons (Fsp3) is 0.333. The average molecular weight is 415 g/mol. The van der Waals surface area contributed by atoms with Gasteiger partial charge in [-0.05, 0) is 30.7 Å². The molecule has 0 spiro atoms. The zero-order valence-corrected chi connectivity index (χ0v) is 17.0. The molecule has 0 aliphatic carbocycles. The van der Waals surface area contributed by atoms with Crippen molar-refractivity contribution in [1.29, 1.82) is 0 Å². The zero-order chi connectivity index (χ0) is 19.1. The number of benzene rings is 1. The van der Waals surface area contributed by atoms with E-state index in [1.54, 1.807) is 6.20 Å². The molecule has 0 atom stereocenters. The molecule has 0 bridgehead atoms. The number of para-hydroxylation sites is 1. The van der Waals surface area contributed by atoms with Crippen molar-refractivity contribution >= 4 is 35.3 Å². The number of hydrogen-bond acceptors (Lipinski definition) is 5. The maximum Gasteiger partial charge on any atom is 0.272 e. The lowest BCUT2D eigenvalue weighted by molar-refractivity contribution is 0.0297. The second-order valence-corrected chi connectivity index (χ2v) is 7.11. The number of rotatable bonds is 3. The van der Waals surface area contributed by atoms with Crippen LogP contribution in [0.1, 0.15) is 21.7 Å². The van der Waals surface area contributed by atoms with Crippen LogP contribution < -0.4 is 10.1 Å². The number of carbonyl (C=O) groups excluding carboxylic acids is 1. The molecule has 29 heavy (non-hydrogen) atoms. The number of amides is 1. The third-order valence-corrected chi connectivity index (χ3v) is 5.36. The Bertz CT molecular complexity index is 1060. The number of fused-ring (bicyclic) bond motifs is 2. The van der Waals surface area contributed by atoms with E-state index in [4.69, 9.17) is 9.47 Å². The van der Waals surface area contributed by atoms with Crippen molar-refractivity contribution in [2.45, 2.75) is 13.3 Å². The first kappa shape index (κ1) is 19.5. The van der Waals surface area contributed by atoms with Crippen molar-refractivity contribution in [3.05, 3.63) is 53.5 Å². The number of nitrogens with zero attached hydrogens (tertiary/aromatic N) is 3. The summed E-state index contributed by atoms with van der Waals surface area (Å²) < 4.78 is 13.1. The molecule has 0 saturated carbocycles. The summed E-state index contributed by atoms with van der Waals surface area (Å²) in [5.41, 5.74) is 4.53. The summed E-state index contributed by atoms with van der Waals surface area (Å²) in [5, 5.41) is 3.40. The molecule has 1 N–H and O–H groups in total. The summed E-state index contributed by atoms with van der Waals surface area (Å²) in [6.45, 7) is 5.06. The normalized spacial score (nSPS) is 15.6. The third kappa shape index (κ3) is 3.41. The van der Waals surface area contributed by atoms with Crippen LogP contribution in [0.25, 0.3) is 5.52 Å². The summed E-state index contributed by atoms with van der Waals surface area (Å²) in [6, 6.07) is 10.1. The highest BCUT2D eigenvalue weighted by Gasteiger charge is 2.23. The molecule has 7 nitrogen and oxygen atoms in total. The Labute approximate surface area is 175 Å². The summed E-state index contributed by atoms with van der Waals surface area (Å²) in [6.07, 6.45) is 2.58. The van der Waals surface area contributed by atoms with Crippen molar-refractivity contribution in [1.82, 2.24) is 14.3 Å². The minimum Gasteiger partial charge on any atom is -0.491 e. The number of hydrogen-bond donors (Lipinski definition) is 1. The van der Waals surface area contributed by atoms with Crippen LogP contribution in [0.2, 0.25) is 0 Å². The Hall–Kier alpha value is -2.77. The first-order chi connectivity index (χ1) is 13.7. The summed E-state index contributed by atoms with van der Waals surface area (Å²) >= 11 is 0. The Balaban J connectivity index is 0.00000205. The first-order valence-electron chi connectivity index (χ1n) is 9.58. The Morgan fingerprint density at radius 1 is 1.14 bits per heavy atom. The first-order valence-corrected chi connectivity index (χ1v) is 9.58. The summed E-state index contributed by atoms with van der Waals surface area (Å²) in [5.74, 6) is 1.57. The predicted molar refractivity (Wildman–Crippen MR) is 113 cm³/mol. The second-order valence-electron chi connectivity index (χ2n) is 7.11. The smallest absolute Gasteiger partial charge is 0.272 e. The molecule has 1 amide bonds. The van der Waals surface area contributed by atoms with Crippen LogP contribution in [0.5, 0.6) is 5.75 Å². The fourth-order valence-electron chi connectivity index (χ4n) is 3.91. The maximum absolute atomic E-state index is 13.1. The molecular formula is C21H23ClN4O3. The molecule has 0 unspecified atom stereocenters. The van der Waals surface area contributed by atoms with Gasteiger partial charge in [0.15, 0.2) is 5.82 Å². The molecule has 8 heteroatoms. The third-order valence-electron chi connectivity index (χ3n) is 5.36. The molecule has 152 valence electrons. The van der Waals surface area contributed by atoms with Gasteiger partial charge in [0.1, 0.15) is 11.4 Å². The van der Waals surface area contributed by atoms with Crippen molar-refractivity contribution in [3.63, 3.8) is 0 Å². The lowest BCUT2D eigenvalue weighted by Crippen LogP contribution is -2.41. The van der Waals surface area contributed by atoms with Gasteiger partial charge in [0.25, 0.3) is 5.91 Å². The van der Waals surface area contributed by atoms with E-state index in [1.807, 2.05) is 40.5 Å². The van der Waals surface area contributed by atoms with Crippen LogP contribution in [0, 0.1) is 6.92 Å². The van der Waals surface area contributed by atoms with Crippen LogP contribution in [0.4, 0.5) is 11.5 Å². The SMILES string of the molecule is Cc1ccc2c(Nc3cccc4c3OCC4)ncc(C(=O)N3CCOCC3)n12.Cl. The molecule has 2 aliphatic heterocycles. The molecule has 4 heterocycles. The number of morpholine rings is 1. The summed E-state index contributed by atoms with van der Waals surface area (Å²) in [4.78, 5) is 19.5. The van der Waals surface area contributed by atoms with E-state index in [-0.39, 0.29) is 18.3 Å². The molecule has 1 saturated heterocycles. The van der Waals surface area contributed by atoms with Crippen molar-refractivity contribution in [2.24, 2.45) is 0 Å². The van der Waals surface area contributed by atoms with Gasteiger partial charge in [-0.25, -0.2) is 4.98 Å². The number of aryl methyl sites for hydroxylation is 1. The molecule has 2 aromatic heterocycles. The fourth-order valence-corrected chi connectivity index (χ4v) is 3.91. The van der Waals surface area contributed by atoms with Gasteiger partial charge < -0.3 is 24.1 Å². The maximum atomic E-state index is 13.1. The standard InChI is InChI=1S/C21H22N4O3.ClH/c1-14-5-6-17-20(23-16-4-2-3-15-7-10-28-19(15)16)22-13-18(25(14)17)21(26)24-8-11-27-12-9-24;/h2-6,13H,7-12H2,1H3,(H,22,23);1H. The number of ether oxygens (including phenoxy) is 2. The molecule has 1 fully saturated rings. The van der Waals surface area contributed by atoms with E-state index in [2.05, 4.69) is 16.4 Å².